The smallest absolute Gasteiger partial charge is 0.267 e. The third kappa shape index (κ3) is 3.56. The lowest BCUT2D eigenvalue weighted by Crippen LogP contribution is -2.42. The van der Waals surface area contributed by atoms with Crippen LogP contribution in [0.3, 0.4) is 0 Å². The second kappa shape index (κ2) is 7.91. The molecule has 7 heteroatoms. The Kier molecular flexibility index (Phi) is 4.94. The summed E-state index contributed by atoms with van der Waals surface area (Å²) in [4.78, 5) is 27.7. The van der Waals surface area contributed by atoms with E-state index in [4.69, 9.17) is 9.47 Å². The number of carbonyl (C=O) groups is 1. The summed E-state index contributed by atoms with van der Waals surface area (Å²) in [5.74, 6) is 1.20. The van der Waals surface area contributed by atoms with Crippen LogP contribution in [0.1, 0.15) is 24.9 Å². The van der Waals surface area contributed by atoms with Gasteiger partial charge in [-0.1, -0.05) is 18.2 Å². The van der Waals surface area contributed by atoms with Crippen LogP contribution < -0.4 is 19.9 Å². The van der Waals surface area contributed by atoms with Gasteiger partial charge < -0.3 is 14.4 Å². The Labute approximate surface area is 179 Å². The molecule has 0 spiro atoms. The van der Waals surface area contributed by atoms with Crippen molar-refractivity contribution >= 4 is 11.6 Å². The fourth-order valence-electron chi connectivity index (χ4n) is 4.15. The van der Waals surface area contributed by atoms with Crippen LogP contribution in [0.15, 0.2) is 59.4 Å². The standard InChI is InChI=1S/C24H23N3O4/c1-16(24(29)26-12-4-6-17-5-2-3-7-20(17)26)27-23(28)11-9-19(25-27)18-8-10-21-22(15-18)31-14-13-30-21/h2-3,5,7-11,15-16H,4,6,12-14H2,1H3/t16-/m0/s1. The number of ether oxygens (including phenoxy) is 2. The SMILES string of the molecule is C[C@@H](C(=O)N1CCCc2ccccc21)n1nc(-c2ccc3c(c2)OCCO3)ccc1=O. The summed E-state index contributed by atoms with van der Waals surface area (Å²) in [7, 11) is 0. The minimum Gasteiger partial charge on any atom is -0.486 e. The van der Waals surface area contributed by atoms with Gasteiger partial charge in [-0.2, -0.15) is 5.10 Å². The molecule has 158 valence electrons. The maximum atomic E-state index is 13.3. The van der Waals surface area contributed by atoms with Gasteiger partial charge in [0, 0.05) is 23.9 Å². The van der Waals surface area contributed by atoms with Crippen LogP contribution in [0.2, 0.25) is 0 Å². The Morgan fingerprint density at radius 2 is 1.84 bits per heavy atom. The van der Waals surface area contributed by atoms with Crippen molar-refractivity contribution in [2.24, 2.45) is 0 Å². The van der Waals surface area contributed by atoms with E-state index in [1.807, 2.05) is 42.5 Å². The highest BCUT2D eigenvalue weighted by Gasteiger charge is 2.28. The van der Waals surface area contributed by atoms with Crippen molar-refractivity contribution < 1.29 is 14.3 Å². The zero-order valence-corrected chi connectivity index (χ0v) is 17.3. The topological polar surface area (TPSA) is 73.7 Å². The highest BCUT2D eigenvalue weighted by molar-refractivity contribution is 5.97. The largest absolute Gasteiger partial charge is 0.486 e. The van der Waals surface area contributed by atoms with E-state index in [1.54, 1.807) is 17.9 Å². The molecule has 2 aliphatic heterocycles. The molecule has 1 amide bonds. The van der Waals surface area contributed by atoms with Crippen LogP contribution in [0, 0.1) is 0 Å². The predicted octanol–water partition coefficient (Wildman–Crippen LogP) is 3.22. The quantitative estimate of drug-likeness (QED) is 0.654. The van der Waals surface area contributed by atoms with Crippen LogP contribution in [-0.4, -0.2) is 35.4 Å². The number of fused-ring (bicyclic) bond motifs is 2. The molecule has 0 saturated heterocycles. The minimum atomic E-state index is -0.726. The van der Waals surface area contributed by atoms with Gasteiger partial charge in [0.2, 0.25) is 0 Å². The predicted molar refractivity (Wildman–Crippen MR) is 117 cm³/mol. The number of benzene rings is 2. The molecule has 3 heterocycles. The van der Waals surface area contributed by atoms with Gasteiger partial charge in [0.25, 0.3) is 11.5 Å². The average Bonchev–Trinajstić information content (AvgIpc) is 2.83. The first-order valence-electron chi connectivity index (χ1n) is 10.5. The van der Waals surface area contributed by atoms with Gasteiger partial charge in [-0.15, -0.1) is 0 Å². The lowest BCUT2D eigenvalue weighted by Gasteiger charge is -2.31. The van der Waals surface area contributed by atoms with E-state index in [0.717, 1.165) is 29.7 Å². The van der Waals surface area contributed by atoms with Crippen molar-refractivity contribution in [1.29, 1.82) is 0 Å². The first-order valence-corrected chi connectivity index (χ1v) is 10.5. The van der Waals surface area contributed by atoms with Crippen molar-refractivity contribution in [2.75, 3.05) is 24.7 Å². The number of para-hydroxylation sites is 1. The minimum absolute atomic E-state index is 0.138. The second-order valence-corrected chi connectivity index (χ2v) is 7.76. The molecule has 2 aliphatic rings. The lowest BCUT2D eigenvalue weighted by atomic mass is 10.0. The van der Waals surface area contributed by atoms with E-state index < -0.39 is 6.04 Å². The van der Waals surface area contributed by atoms with Gasteiger partial charge in [0.15, 0.2) is 11.5 Å². The van der Waals surface area contributed by atoms with E-state index in [1.165, 1.54) is 10.7 Å². The number of carbonyl (C=O) groups excluding carboxylic acids is 1. The van der Waals surface area contributed by atoms with Gasteiger partial charge in [-0.05, 0) is 55.7 Å². The summed E-state index contributed by atoms with van der Waals surface area (Å²) in [6, 6.07) is 15.9. The molecule has 1 atom stereocenters. The number of rotatable bonds is 3. The van der Waals surface area contributed by atoms with Crippen LogP contribution in [0.25, 0.3) is 11.3 Å². The van der Waals surface area contributed by atoms with Crippen molar-refractivity contribution in [2.45, 2.75) is 25.8 Å². The average molecular weight is 417 g/mol. The molecule has 0 N–H and O–H groups in total. The van der Waals surface area contributed by atoms with Gasteiger partial charge in [0.05, 0.1) is 5.69 Å². The van der Waals surface area contributed by atoms with Gasteiger partial charge in [-0.3, -0.25) is 9.59 Å². The van der Waals surface area contributed by atoms with Crippen LogP contribution in [0.5, 0.6) is 11.5 Å². The summed E-state index contributed by atoms with van der Waals surface area (Å²) < 4.78 is 12.5. The van der Waals surface area contributed by atoms with Crippen LogP contribution in [-0.2, 0) is 11.2 Å². The molecule has 0 aliphatic carbocycles. The zero-order chi connectivity index (χ0) is 21.4. The third-order valence-corrected chi connectivity index (χ3v) is 5.76. The third-order valence-electron chi connectivity index (χ3n) is 5.76. The van der Waals surface area contributed by atoms with E-state index in [9.17, 15) is 9.59 Å². The first-order chi connectivity index (χ1) is 15.1. The highest BCUT2D eigenvalue weighted by atomic mass is 16.6. The number of aromatic nitrogens is 2. The van der Waals surface area contributed by atoms with Gasteiger partial charge >= 0.3 is 0 Å². The molecule has 7 nitrogen and oxygen atoms in total. The summed E-state index contributed by atoms with van der Waals surface area (Å²) in [5.41, 5.74) is 3.14. The molecule has 0 radical (unpaired) electrons. The molecule has 3 aromatic rings. The Hall–Kier alpha value is -3.61. The number of amides is 1. The normalized spacial score (nSPS) is 15.8. The Morgan fingerprint density at radius 3 is 2.71 bits per heavy atom. The molecule has 2 aromatic carbocycles. The molecule has 0 saturated carbocycles. The molecule has 0 fully saturated rings. The number of anilines is 1. The molecular weight excluding hydrogens is 394 g/mol. The maximum absolute atomic E-state index is 13.3. The molecular formula is C24H23N3O4. The van der Waals surface area contributed by atoms with Crippen molar-refractivity contribution in [3.63, 3.8) is 0 Å². The van der Waals surface area contributed by atoms with Crippen molar-refractivity contribution in [3.8, 4) is 22.8 Å². The molecule has 0 bridgehead atoms. The van der Waals surface area contributed by atoms with E-state index in [2.05, 4.69) is 5.10 Å². The fraction of sp³-hybridized carbons (Fsp3) is 0.292. The molecule has 0 unspecified atom stereocenters. The van der Waals surface area contributed by atoms with Crippen LogP contribution >= 0.6 is 0 Å². The van der Waals surface area contributed by atoms with E-state index >= 15 is 0 Å². The lowest BCUT2D eigenvalue weighted by molar-refractivity contribution is -0.121. The van der Waals surface area contributed by atoms with Gasteiger partial charge in [0.1, 0.15) is 19.3 Å². The van der Waals surface area contributed by atoms with Gasteiger partial charge in [-0.25, -0.2) is 4.68 Å². The number of nitrogens with zero attached hydrogens (tertiary/aromatic N) is 3. The summed E-state index contributed by atoms with van der Waals surface area (Å²) in [5, 5.41) is 4.52. The molecule has 5 rings (SSSR count). The molecule has 1 aromatic heterocycles. The van der Waals surface area contributed by atoms with Crippen LogP contribution in [0.4, 0.5) is 5.69 Å². The summed E-state index contributed by atoms with van der Waals surface area (Å²) in [6.07, 6.45) is 1.85. The Morgan fingerprint density at radius 1 is 1.03 bits per heavy atom. The molecule has 31 heavy (non-hydrogen) atoms. The number of hydrogen-bond acceptors (Lipinski definition) is 5. The van der Waals surface area contributed by atoms with Crippen molar-refractivity contribution in [3.05, 3.63) is 70.5 Å². The van der Waals surface area contributed by atoms with E-state index in [-0.39, 0.29) is 11.5 Å². The van der Waals surface area contributed by atoms with E-state index in [0.29, 0.717) is 37.0 Å². The second-order valence-electron chi connectivity index (χ2n) is 7.76. The number of aryl methyl sites for hydroxylation is 1. The monoisotopic (exact) mass is 417 g/mol. The Bertz CT molecular complexity index is 1200. The Balaban J connectivity index is 1.47. The highest BCUT2D eigenvalue weighted by Crippen LogP contribution is 2.34. The fourth-order valence-corrected chi connectivity index (χ4v) is 4.15. The maximum Gasteiger partial charge on any atom is 0.267 e. The number of hydrogen-bond donors (Lipinski definition) is 0. The van der Waals surface area contributed by atoms with Crippen molar-refractivity contribution in [1.82, 2.24) is 9.78 Å². The first kappa shape index (κ1) is 19.4. The summed E-state index contributed by atoms with van der Waals surface area (Å²) in [6.45, 7) is 3.37. The zero-order valence-electron chi connectivity index (χ0n) is 17.3. The summed E-state index contributed by atoms with van der Waals surface area (Å²) >= 11 is 0.